The van der Waals surface area contributed by atoms with Crippen LogP contribution in [-0.2, 0) is 0 Å². The predicted molar refractivity (Wildman–Crippen MR) is 81.8 cm³/mol. The SMILES string of the molecule is CCC(C)Oc1cccc(NC(=O)c2ccc(Cl)nn2)c1. The Hall–Kier alpha value is -2.14. The normalized spacial score (nSPS) is 11.8. The molecule has 0 aliphatic carbocycles. The number of aromatic nitrogens is 2. The largest absolute Gasteiger partial charge is 0.491 e. The van der Waals surface area contributed by atoms with Crippen molar-refractivity contribution in [2.24, 2.45) is 0 Å². The number of hydrogen-bond donors (Lipinski definition) is 1. The second-order valence-electron chi connectivity index (χ2n) is 4.56. The van der Waals surface area contributed by atoms with E-state index < -0.39 is 0 Å². The van der Waals surface area contributed by atoms with E-state index in [9.17, 15) is 4.79 Å². The second-order valence-corrected chi connectivity index (χ2v) is 4.95. The monoisotopic (exact) mass is 305 g/mol. The highest BCUT2D eigenvalue weighted by atomic mass is 35.5. The Labute approximate surface area is 128 Å². The Morgan fingerprint density at radius 3 is 2.81 bits per heavy atom. The summed E-state index contributed by atoms with van der Waals surface area (Å²) in [6, 6.07) is 10.3. The fourth-order valence-corrected chi connectivity index (χ4v) is 1.70. The van der Waals surface area contributed by atoms with Crippen LogP contribution >= 0.6 is 11.6 Å². The summed E-state index contributed by atoms with van der Waals surface area (Å²) in [5, 5.41) is 10.4. The van der Waals surface area contributed by atoms with Crippen LogP contribution in [0.15, 0.2) is 36.4 Å². The summed E-state index contributed by atoms with van der Waals surface area (Å²) in [4.78, 5) is 12.0. The van der Waals surface area contributed by atoms with Gasteiger partial charge in [0.15, 0.2) is 10.8 Å². The van der Waals surface area contributed by atoms with Crippen LogP contribution in [0, 0.1) is 0 Å². The lowest BCUT2D eigenvalue weighted by atomic mass is 10.2. The smallest absolute Gasteiger partial charge is 0.276 e. The van der Waals surface area contributed by atoms with Gasteiger partial charge in [-0.25, -0.2) is 0 Å². The third kappa shape index (κ3) is 4.43. The molecule has 1 N–H and O–H groups in total. The van der Waals surface area contributed by atoms with Crippen LogP contribution in [0.2, 0.25) is 5.15 Å². The van der Waals surface area contributed by atoms with Crippen LogP contribution in [-0.4, -0.2) is 22.2 Å². The Morgan fingerprint density at radius 1 is 1.33 bits per heavy atom. The molecule has 1 aromatic heterocycles. The molecule has 0 saturated carbocycles. The van der Waals surface area contributed by atoms with Crippen LogP contribution < -0.4 is 10.1 Å². The van der Waals surface area contributed by atoms with E-state index in [4.69, 9.17) is 16.3 Å². The van der Waals surface area contributed by atoms with E-state index in [1.54, 1.807) is 12.1 Å². The van der Waals surface area contributed by atoms with E-state index >= 15 is 0 Å². The van der Waals surface area contributed by atoms with Gasteiger partial charge in [0.05, 0.1) is 6.10 Å². The maximum atomic E-state index is 12.0. The van der Waals surface area contributed by atoms with Crippen molar-refractivity contribution in [3.05, 3.63) is 47.2 Å². The summed E-state index contributed by atoms with van der Waals surface area (Å²) >= 11 is 5.64. The Balaban J connectivity index is 2.07. The average Bonchev–Trinajstić information content (AvgIpc) is 2.48. The molecule has 0 spiro atoms. The number of ether oxygens (including phenoxy) is 1. The van der Waals surface area contributed by atoms with E-state index in [1.807, 2.05) is 19.1 Å². The molecule has 0 aliphatic rings. The van der Waals surface area contributed by atoms with Gasteiger partial charge in [0.25, 0.3) is 5.91 Å². The van der Waals surface area contributed by atoms with Crippen molar-refractivity contribution in [2.75, 3.05) is 5.32 Å². The van der Waals surface area contributed by atoms with Crippen molar-refractivity contribution in [2.45, 2.75) is 26.4 Å². The number of amides is 1. The number of benzene rings is 1. The van der Waals surface area contributed by atoms with Crippen LogP contribution in [0.25, 0.3) is 0 Å². The molecule has 21 heavy (non-hydrogen) atoms. The van der Waals surface area contributed by atoms with Crippen molar-refractivity contribution in [1.29, 1.82) is 0 Å². The van der Waals surface area contributed by atoms with Crippen molar-refractivity contribution >= 4 is 23.2 Å². The first-order chi connectivity index (χ1) is 10.1. The standard InChI is InChI=1S/C15H16ClN3O2/c1-3-10(2)21-12-6-4-5-11(9-12)17-15(20)13-7-8-14(16)19-18-13/h4-10H,3H2,1-2H3,(H,17,20). The maximum Gasteiger partial charge on any atom is 0.276 e. The van der Waals surface area contributed by atoms with Crippen molar-refractivity contribution < 1.29 is 9.53 Å². The van der Waals surface area contributed by atoms with Gasteiger partial charge in [-0.1, -0.05) is 24.6 Å². The summed E-state index contributed by atoms with van der Waals surface area (Å²) in [5.74, 6) is 0.365. The van der Waals surface area contributed by atoms with Crippen LogP contribution in [0.4, 0.5) is 5.69 Å². The molecular weight excluding hydrogens is 290 g/mol. The minimum atomic E-state index is -0.347. The summed E-state index contributed by atoms with van der Waals surface area (Å²) in [6.07, 6.45) is 1.04. The number of carbonyl (C=O) groups is 1. The molecule has 110 valence electrons. The van der Waals surface area contributed by atoms with Crippen LogP contribution in [0.5, 0.6) is 5.75 Å². The first-order valence-electron chi connectivity index (χ1n) is 6.65. The van der Waals surface area contributed by atoms with Gasteiger partial charge in [0, 0.05) is 11.8 Å². The summed E-state index contributed by atoms with van der Waals surface area (Å²) in [5.41, 5.74) is 0.838. The Bertz CT molecular complexity index is 617. The number of hydrogen-bond acceptors (Lipinski definition) is 4. The third-order valence-electron chi connectivity index (χ3n) is 2.87. The molecule has 0 radical (unpaired) electrons. The predicted octanol–water partition coefficient (Wildman–Crippen LogP) is 3.56. The number of nitrogens with zero attached hydrogens (tertiary/aromatic N) is 2. The molecule has 2 aromatic rings. The molecule has 0 bridgehead atoms. The van der Waals surface area contributed by atoms with E-state index in [0.717, 1.165) is 6.42 Å². The lowest BCUT2D eigenvalue weighted by Gasteiger charge is -2.13. The molecule has 1 atom stereocenters. The molecule has 1 aromatic carbocycles. The minimum Gasteiger partial charge on any atom is -0.491 e. The fraction of sp³-hybridized carbons (Fsp3) is 0.267. The minimum absolute atomic E-state index is 0.123. The van der Waals surface area contributed by atoms with Crippen molar-refractivity contribution in [3.8, 4) is 5.75 Å². The van der Waals surface area contributed by atoms with Gasteiger partial charge in [0.2, 0.25) is 0 Å². The number of halogens is 1. The molecule has 0 saturated heterocycles. The lowest BCUT2D eigenvalue weighted by Crippen LogP contribution is -2.14. The highest BCUT2D eigenvalue weighted by Crippen LogP contribution is 2.19. The zero-order valence-corrected chi connectivity index (χ0v) is 12.6. The molecule has 5 nitrogen and oxygen atoms in total. The molecular formula is C15H16ClN3O2. The molecule has 2 rings (SSSR count). The zero-order valence-electron chi connectivity index (χ0n) is 11.8. The molecule has 0 aliphatic heterocycles. The Morgan fingerprint density at radius 2 is 2.14 bits per heavy atom. The zero-order chi connectivity index (χ0) is 15.2. The van der Waals surface area contributed by atoms with Gasteiger partial charge in [0.1, 0.15) is 5.75 Å². The van der Waals surface area contributed by atoms with Gasteiger partial charge in [-0.2, -0.15) is 0 Å². The number of anilines is 1. The molecule has 0 fully saturated rings. The van der Waals surface area contributed by atoms with Crippen LogP contribution in [0.1, 0.15) is 30.8 Å². The number of carbonyl (C=O) groups excluding carboxylic acids is 1. The molecule has 1 heterocycles. The topological polar surface area (TPSA) is 64.1 Å². The van der Waals surface area contributed by atoms with Crippen LogP contribution in [0.3, 0.4) is 0 Å². The van der Waals surface area contributed by atoms with E-state index in [2.05, 4.69) is 22.4 Å². The van der Waals surface area contributed by atoms with Gasteiger partial charge in [-0.3, -0.25) is 4.79 Å². The number of rotatable bonds is 5. The van der Waals surface area contributed by atoms with Gasteiger partial charge in [-0.05, 0) is 37.6 Å². The first-order valence-corrected chi connectivity index (χ1v) is 7.03. The first kappa shape index (κ1) is 15.3. The fourth-order valence-electron chi connectivity index (χ4n) is 1.60. The molecule has 1 amide bonds. The van der Waals surface area contributed by atoms with E-state index in [0.29, 0.717) is 11.4 Å². The Kier molecular flexibility index (Phi) is 5.11. The average molecular weight is 306 g/mol. The lowest BCUT2D eigenvalue weighted by molar-refractivity contribution is 0.102. The van der Waals surface area contributed by atoms with E-state index in [-0.39, 0.29) is 22.9 Å². The highest BCUT2D eigenvalue weighted by Gasteiger charge is 2.09. The van der Waals surface area contributed by atoms with Gasteiger partial charge in [-0.15, -0.1) is 10.2 Å². The quantitative estimate of drug-likeness (QED) is 0.917. The van der Waals surface area contributed by atoms with Crippen molar-refractivity contribution in [1.82, 2.24) is 10.2 Å². The van der Waals surface area contributed by atoms with Gasteiger partial charge >= 0.3 is 0 Å². The van der Waals surface area contributed by atoms with Crippen molar-refractivity contribution in [3.63, 3.8) is 0 Å². The highest BCUT2D eigenvalue weighted by molar-refractivity contribution is 6.29. The maximum absolute atomic E-state index is 12.0. The molecule has 6 heteroatoms. The number of nitrogens with one attached hydrogen (secondary N) is 1. The molecule has 1 unspecified atom stereocenters. The summed E-state index contributed by atoms with van der Waals surface area (Å²) in [6.45, 7) is 4.05. The van der Waals surface area contributed by atoms with Gasteiger partial charge < -0.3 is 10.1 Å². The summed E-state index contributed by atoms with van der Waals surface area (Å²) in [7, 11) is 0. The second kappa shape index (κ2) is 7.04. The third-order valence-corrected chi connectivity index (χ3v) is 3.07. The van der Waals surface area contributed by atoms with E-state index in [1.165, 1.54) is 12.1 Å². The summed E-state index contributed by atoms with van der Waals surface area (Å²) < 4.78 is 5.71.